The SMILES string of the molecule is COc1cc(CNCC(=O)O)ccc1OCc1c(F)cccc1Cl. The number of carbonyl (C=O) groups is 1. The molecule has 0 saturated carbocycles. The molecule has 0 aliphatic rings. The molecule has 0 spiro atoms. The van der Waals surface area contributed by atoms with Gasteiger partial charge in [0.2, 0.25) is 0 Å². The Balaban J connectivity index is 2.06. The predicted octanol–water partition coefficient (Wildman–Crippen LogP) is 3.24. The minimum atomic E-state index is -0.927. The molecular weight excluding hydrogens is 337 g/mol. The van der Waals surface area contributed by atoms with Crippen LogP contribution in [0.4, 0.5) is 4.39 Å². The van der Waals surface area contributed by atoms with Gasteiger partial charge in [-0.1, -0.05) is 23.7 Å². The van der Waals surface area contributed by atoms with Crippen molar-refractivity contribution in [2.75, 3.05) is 13.7 Å². The third kappa shape index (κ3) is 4.84. The summed E-state index contributed by atoms with van der Waals surface area (Å²) in [6.45, 7) is 0.215. The van der Waals surface area contributed by atoms with Crippen LogP contribution in [0.15, 0.2) is 36.4 Å². The average molecular weight is 354 g/mol. The van der Waals surface area contributed by atoms with Crippen molar-refractivity contribution in [2.45, 2.75) is 13.2 Å². The average Bonchev–Trinajstić information content (AvgIpc) is 2.54. The summed E-state index contributed by atoms with van der Waals surface area (Å²) in [5.74, 6) is -0.449. The van der Waals surface area contributed by atoms with Gasteiger partial charge < -0.3 is 19.9 Å². The molecule has 24 heavy (non-hydrogen) atoms. The number of carboxylic acids is 1. The van der Waals surface area contributed by atoms with E-state index < -0.39 is 11.8 Å². The normalized spacial score (nSPS) is 10.5. The molecule has 0 atom stereocenters. The van der Waals surface area contributed by atoms with Crippen LogP contribution in [0.25, 0.3) is 0 Å². The van der Waals surface area contributed by atoms with Crippen LogP contribution in [-0.4, -0.2) is 24.7 Å². The molecule has 2 aromatic rings. The van der Waals surface area contributed by atoms with E-state index in [1.165, 1.54) is 19.2 Å². The van der Waals surface area contributed by atoms with Gasteiger partial charge >= 0.3 is 5.97 Å². The van der Waals surface area contributed by atoms with Crippen molar-refractivity contribution >= 4 is 17.6 Å². The Labute approximate surface area is 144 Å². The summed E-state index contributed by atoms with van der Waals surface area (Å²) in [5, 5.41) is 11.7. The number of rotatable bonds is 8. The molecule has 0 heterocycles. The number of halogens is 2. The molecule has 2 N–H and O–H groups in total. The molecule has 0 amide bonds. The third-order valence-corrected chi connectivity index (χ3v) is 3.62. The van der Waals surface area contributed by atoms with Crippen molar-refractivity contribution in [2.24, 2.45) is 0 Å². The molecule has 5 nitrogen and oxygen atoms in total. The quantitative estimate of drug-likeness (QED) is 0.762. The van der Waals surface area contributed by atoms with E-state index in [0.29, 0.717) is 23.1 Å². The second-order valence-electron chi connectivity index (χ2n) is 4.97. The molecule has 2 aromatic carbocycles. The zero-order chi connectivity index (χ0) is 17.5. The molecule has 0 aliphatic heterocycles. The van der Waals surface area contributed by atoms with Gasteiger partial charge in [-0.3, -0.25) is 4.79 Å². The number of aliphatic carboxylic acids is 1. The van der Waals surface area contributed by atoms with E-state index in [1.54, 1.807) is 24.3 Å². The van der Waals surface area contributed by atoms with E-state index in [1.807, 2.05) is 0 Å². The molecule has 0 unspecified atom stereocenters. The first-order chi connectivity index (χ1) is 11.5. The first-order valence-corrected chi connectivity index (χ1v) is 7.54. The molecule has 0 aromatic heterocycles. The highest BCUT2D eigenvalue weighted by Gasteiger charge is 2.11. The monoisotopic (exact) mass is 353 g/mol. The number of carboxylic acid groups (broad SMARTS) is 1. The fourth-order valence-corrected chi connectivity index (χ4v) is 2.29. The van der Waals surface area contributed by atoms with Gasteiger partial charge in [-0.2, -0.15) is 0 Å². The highest BCUT2D eigenvalue weighted by atomic mass is 35.5. The van der Waals surface area contributed by atoms with Gasteiger partial charge in [-0.15, -0.1) is 0 Å². The molecule has 7 heteroatoms. The van der Waals surface area contributed by atoms with Crippen LogP contribution in [0.2, 0.25) is 5.02 Å². The Bertz CT molecular complexity index is 703. The van der Waals surface area contributed by atoms with Gasteiger partial charge in [0.1, 0.15) is 12.4 Å². The Kier molecular flexibility index (Phi) is 6.40. The largest absolute Gasteiger partial charge is 0.493 e. The molecule has 0 radical (unpaired) electrons. The van der Waals surface area contributed by atoms with Crippen LogP contribution in [0, 0.1) is 5.82 Å². The summed E-state index contributed by atoms with van der Waals surface area (Å²) in [4.78, 5) is 10.5. The Morgan fingerprint density at radius 2 is 2.08 bits per heavy atom. The molecule has 0 aliphatic carbocycles. The highest BCUT2D eigenvalue weighted by molar-refractivity contribution is 6.31. The van der Waals surface area contributed by atoms with Crippen molar-refractivity contribution in [1.29, 1.82) is 0 Å². The van der Waals surface area contributed by atoms with E-state index in [4.69, 9.17) is 26.2 Å². The zero-order valence-electron chi connectivity index (χ0n) is 13.0. The lowest BCUT2D eigenvalue weighted by atomic mass is 10.2. The molecule has 0 fully saturated rings. The van der Waals surface area contributed by atoms with Crippen LogP contribution in [-0.2, 0) is 17.9 Å². The number of hydrogen-bond acceptors (Lipinski definition) is 4. The fraction of sp³-hybridized carbons (Fsp3) is 0.235. The van der Waals surface area contributed by atoms with E-state index in [-0.39, 0.29) is 18.7 Å². The first kappa shape index (κ1) is 18.0. The number of benzene rings is 2. The summed E-state index contributed by atoms with van der Waals surface area (Å²) < 4.78 is 24.6. The van der Waals surface area contributed by atoms with E-state index >= 15 is 0 Å². The fourth-order valence-electron chi connectivity index (χ4n) is 2.08. The maximum atomic E-state index is 13.8. The van der Waals surface area contributed by atoms with Gasteiger partial charge in [0, 0.05) is 12.1 Å². The summed E-state index contributed by atoms with van der Waals surface area (Å²) >= 11 is 5.97. The van der Waals surface area contributed by atoms with Gasteiger partial charge in [-0.05, 0) is 29.8 Å². The van der Waals surface area contributed by atoms with Crippen molar-refractivity contribution in [3.8, 4) is 11.5 Å². The van der Waals surface area contributed by atoms with E-state index in [2.05, 4.69) is 5.32 Å². The lowest BCUT2D eigenvalue weighted by Gasteiger charge is -2.13. The van der Waals surface area contributed by atoms with Gasteiger partial charge in [-0.25, -0.2) is 4.39 Å². The molecular formula is C17H17ClFNO4. The van der Waals surface area contributed by atoms with E-state index in [9.17, 15) is 9.18 Å². The Morgan fingerprint density at radius 1 is 1.29 bits per heavy atom. The second-order valence-corrected chi connectivity index (χ2v) is 5.38. The van der Waals surface area contributed by atoms with Gasteiger partial charge in [0.05, 0.1) is 18.7 Å². The standard InChI is InChI=1S/C17H17ClFNO4/c1-23-16-7-11(8-20-9-17(21)22)5-6-15(16)24-10-12-13(18)3-2-4-14(12)19/h2-7,20H,8-10H2,1H3,(H,21,22). The highest BCUT2D eigenvalue weighted by Crippen LogP contribution is 2.30. The maximum absolute atomic E-state index is 13.8. The number of methoxy groups -OCH3 is 1. The minimum Gasteiger partial charge on any atom is -0.493 e. The Morgan fingerprint density at radius 3 is 2.75 bits per heavy atom. The van der Waals surface area contributed by atoms with Crippen molar-refractivity contribution in [3.05, 3.63) is 58.4 Å². The summed E-state index contributed by atoms with van der Waals surface area (Å²) in [7, 11) is 1.49. The number of ether oxygens (including phenoxy) is 2. The lowest BCUT2D eigenvalue weighted by molar-refractivity contribution is -0.135. The van der Waals surface area contributed by atoms with Crippen molar-refractivity contribution in [3.63, 3.8) is 0 Å². The van der Waals surface area contributed by atoms with E-state index in [0.717, 1.165) is 5.56 Å². The molecule has 0 bridgehead atoms. The smallest absolute Gasteiger partial charge is 0.317 e. The van der Waals surface area contributed by atoms with Gasteiger partial charge in [0.15, 0.2) is 11.5 Å². The van der Waals surface area contributed by atoms with Crippen LogP contribution >= 0.6 is 11.6 Å². The molecule has 0 saturated heterocycles. The summed E-state index contributed by atoms with van der Waals surface area (Å²) in [6.07, 6.45) is 0. The third-order valence-electron chi connectivity index (χ3n) is 3.27. The molecule has 128 valence electrons. The van der Waals surface area contributed by atoms with Crippen LogP contribution < -0.4 is 14.8 Å². The summed E-state index contributed by atoms with van der Waals surface area (Å²) in [6, 6.07) is 9.63. The van der Waals surface area contributed by atoms with Gasteiger partial charge in [0.25, 0.3) is 0 Å². The zero-order valence-corrected chi connectivity index (χ0v) is 13.8. The lowest BCUT2D eigenvalue weighted by Crippen LogP contribution is -2.21. The van der Waals surface area contributed by atoms with Crippen LogP contribution in [0.3, 0.4) is 0 Å². The van der Waals surface area contributed by atoms with Crippen molar-refractivity contribution < 1.29 is 23.8 Å². The number of hydrogen-bond donors (Lipinski definition) is 2. The maximum Gasteiger partial charge on any atom is 0.317 e. The second kappa shape index (κ2) is 8.52. The first-order valence-electron chi connectivity index (χ1n) is 7.16. The number of nitrogens with one attached hydrogen (secondary N) is 1. The van der Waals surface area contributed by atoms with Crippen molar-refractivity contribution in [1.82, 2.24) is 5.32 Å². The predicted molar refractivity (Wildman–Crippen MR) is 88.1 cm³/mol. The van der Waals surface area contributed by atoms with Crippen LogP contribution in [0.1, 0.15) is 11.1 Å². The Hall–Kier alpha value is -2.31. The molecule has 2 rings (SSSR count). The topological polar surface area (TPSA) is 67.8 Å². The van der Waals surface area contributed by atoms with Crippen LogP contribution in [0.5, 0.6) is 11.5 Å². The minimum absolute atomic E-state index is 0.0293. The summed E-state index contributed by atoms with van der Waals surface area (Å²) in [5.41, 5.74) is 1.11.